The van der Waals surface area contributed by atoms with Crippen molar-refractivity contribution >= 4 is 40.7 Å². The molecule has 1 rings (SSSR count). The van der Waals surface area contributed by atoms with Crippen LogP contribution in [0.4, 0.5) is 5.69 Å². The van der Waals surface area contributed by atoms with Gasteiger partial charge in [-0.05, 0) is 31.0 Å². The Labute approximate surface area is 128 Å². The summed E-state index contributed by atoms with van der Waals surface area (Å²) in [5, 5.41) is 3.30. The minimum Gasteiger partial charge on any atom is -0.398 e. The number of hydrogen-bond donors (Lipinski definition) is 2. The fourth-order valence-electron chi connectivity index (χ4n) is 1.75. The Bertz CT molecular complexity index is 506. The fraction of sp³-hybridized carbons (Fsp3) is 0.429. The lowest BCUT2D eigenvalue weighted by Gasteiger charge is -2.19. The van der Waals surface area contributed by atoms with Crippen molar-refractivity contribution in [2.24, 2.45) is 5.92 Å². The highest BCUT2D eigenvalue weighted by molar-refractivity contribution is 8.00. The van der Waals surface area contributed by atoms with E-state index in [-0.39, 0.29) is 23.4 Å². The van der Waals surface area contributed by atoms with Crippen molar-refractivity contribution in [2.45, 2.75) is 31.7 Å². The maximum absolute atomic E-state index is 11.9. The van der Waals surface area contributed by atoms with Gasteiger partial charge in [0.05, 0.1) is 11.8 Å². The van der Waals surface area contributed by atoms with Gasteiger partial charge in [0, 0.05) is 15.6 Å². The van der Waals surface area contributed by atoms with Crippen LogP contribution in [0.25, 0.3) is 0 Å². The molecule has 0 heterocycles. The summed E-state index contributed by atoms with van der Waals surface area (Å²) in [6.07, 6.45) is 0. The summed E-state index contributed by atoms with van der Waals surface area (Å²) >= 11 is 7.13. The van der Waals surface area contributed by atoms with Crippen LogP contribution < -0.4 is 11.1 Å². The summed E-state index contributed by atoms with van der Waals surface area (Å²) in [4.78, 5) is 24.1. The average Bonchev–Trinajstić information content (AvgIpc) is 2.34. The average molecular weight is 315 g/mol. The minimum absolute atomic E-state index is 0.0376. The van der Waals surface area contributed by atoms with Gasteiger partial charge in [0.1, 0.15) is 0 Å². The molecule has 0 saturated heterocycles. The molecule has 0 aliphatic heterocycles. The van der Waals surface area contributed by atoms with E-state index in [1.807, 2.05) is 13.8 Å². The van der Waals surface area contributed by atoms with Crippen molar-refractivity contribution in [1.82, 2.24) is 5.32 Å². The van der Waals surface area contributed by atoms with E-state index < -0.39 is 6.04 Å². The maximum Gasteiger partial charge on any atom is 0.230 e. The smallest absolute Gasteiger partial charge is 0.230 e. The van der Waals surface area contributed by atoms with Gasteiger partial charge >= 0.3 is 0 Å². The largest absolute Gasteiger partial charge is 0.398 e. The third-order valence-electron chi connectivity index (χ3n) is 2.75. The molecular weight excluding hydrogens is 296 g/mol. The number of nitrogens with two attached hydrogens (primary N) is 1. The Hall–Kier alpha value is -1.20. The maximum atomic E-state index is 11.9. The summed E-state index contributed by atoms with van der Waals surface area (Å²) in [7, 11) is 0. The number of carbonyl (C=O) groups excluding carboxylic acids is 2. The van der Waals surface area contributed by atoms with Crippen LogP contribution in [0.3, 0.4) is 0 Å². The predicted molar refractivity (Wildman–Crippen MR) is 84.0 cm³/mol. The normalized spacial score (nSPS) is 12.2. The van der Waals surface area contributed by atoms with Gasteiger partial charge in [-0.15, -0.1) is 11.8 Å². The summed E-state index contributed by atoms with van der Waals surface area (Å²) in [6.45, 7) is 5.28. The zero-order chi connectivity index (χ0) is 15.3. The summed E-state index contributed by atoms with van der Waals surface area (Å²) < 4.78 is 0. The van der Waals surface area contributed by atoms with Crippen molar-refractivity contribution in [3.63, 3.8) is 0 Å². The number of halogens is 1. The molecule has 0 bridgehead atoms. The predicted octanol–water partition coefficient (Wildman–Crippen LogP) is 2.74. The first kappa shape index (κ1) is 16.9. The third-order valence-corrected chi connectivity index (χ3v) is 4.08. The van der Waals surface area contributed by atoms with Gasteiger partial charge in [-0.1, -0.05) is 25.4 Å². The molecule has 1 amide bonds. The second-order valence-electron chi connectivity index (χ2n) is 4.87. The van der Waals surface area contributed by atoms with Gasteiger partial charge in [-0.25, -0.2) is 0 Å². The molecule has 0 aliphatic carbocycles. The first-order valence-electron chi connectivity index (χ1n) is 6.29. The number of rotatable bonds is 6. The van der Waals surface area contributed by atoms with E-state index in [2.05, 4.69) is 5.32 Å². The van der Waals surface area contributed by atoms with Crippen molar-refractivity contribution in [3.8, 4) is 0 Å². The molecule has 4 nitrogen and oxygen atoms in total. The first-order valence-corrected chi connectivity index (χ1v) is 7.65. The monoisotopic (exact) mass is 314 g/mol. The van der Waals surface area contributed by atoms with Crippen LogP contribution in [0.5, 0.6) is 0 Å². The van der Waals surface area contributed by atoms with Gasteiger partial charge in [-0.2, -0.15) is 0 Å². The van der Waals surface area contributed by atoms with Crippen LogP contribution in [-0.4, -0.2) is 23.5 Å². The molecule has 110 valence electrons. The highest BCUT2D eigenvalue weighted by Gasteiger charge is 2.20. The Kier molecular flexibility index (Phi) is 6.36. The van der Waals surface area contributed by atoms with E-state index in [1.54, 1.807) is 18.2 Å². The van der Waals surface area contributed by atoms with Gasteiger partial charge in [0.15, 0.2) is 5.78 Å². The number of nitrogens with one attached hydrogen (secondary N) is 1. The Morgan fingerprint density at radius 2 is 2.05 bits per heavy atom. The number of anilines is 1. The number of benzene rings is 1. The zero-order valence-corrected chi connectivity index (χ0v) is 13.3. The Balaban J connectivity index is 2.57. The van der Waals surface area contributed by atoms with Crippen molar-refractivity contribution in [1.29, 1.82) is 0 Å². The van der Waals surface area contributed by atoms with Crippen LogP contribution in [0.2, 0.25) is 5.02 Å². The lowest BCUT2D eigenvalue weighted by atomic mass is 10.0. The van der Waals surface area contributed by atoms with E-state index in [0.29, 0.717) is 10.7 Å². The highest BCUT2D eigenvalue weighted by Crippen LogP contribution is 2.27. The van der Waals surface area contributed by atoms with Crippen LogP contribution in [-0.2, 0) is 9.59 Å². The number of Topliss-reactive ketones (excluding diaryl/α,β-unsaturated/α-hetero) is 1. The summed E-state index contributed by atoms with van der Waals surface area (Å²) in [5.41, 5.74) is 6.36. The van der Waals surface area contributed by atoms with Crippen molar-refractivity contribution in [3.05, 3.63) is 23.2 Å². The Morgan fingerprint density at radius 3 is 2.55 bits per heavy atom. The van der Waals surface area contributed by atoms with Gasteiger partial charge in [0.2, 0.25) is 5.91 Å². The van der Waals surface area contributed by atoms with E-state index in [9.17, 15) is 9.59 Å². The molecule has 0 fully saturated rings. The van der Waals surface area contributed by atoms with E-state index in [1.165, 1.54) is 18.7 Å². The van der Waals surface area contributed by atoms with E-state index >= 15 is 0 Å². The lowest BCUT2D eigenvalue weighted by molar-refractivity contribution is -0.126. The number of carbonyl (C=O) groups is 2. The number of ketones is 1. The molecule has 0 radical (unpaired) electrons. The standard InChI is InChI=1S/C14H19ClN2O2S/c1-8(2)14(9(3)18)17-13(19)7-20-12-5-4-10(15)6-11(12)16/h4-6,8,14H,7,16H2,1-3H3,(H,17,19). The molecule has 1 aromatic carbocycles. The zero-order valence-electron chi connectivity index (χ0n) is 11.8. The van der Waals surface area contributed by atoms with E-state index in [0.717, 1.165) is 4.90 Å². The van der Waals surface area contributed by atoms with E-state index in [4.69, 9.17) is 17.3 Å². The van der Waals surface area contributed by atoms with Crippen LogP contribution in [0.15, 0.2) is 23.1 Å². The fourth-order valence-corrected chi connectivity index (χ4v) is 2.69. The first-order chi connectivity index (χ1) is 9.31. The molecule has 0 spiro atoms. The molecule has 1 aromatic rings. The quantitative estimate of drug-likeness (QED) is 0.625. The van der Waals surface area contributed by atoms with Gasteiger partial charge in [-0.3, -0.25) is 9.59 Å². The number of thioether (sulfide) groups is 1. The lowest BCUT2D eigenvalue weighted by Crippen LogP contribution is -2.44. The molecule has 0 aliphatic rings. The van der Waals surface area contributed by atoms with Gasteiger partial charge < -0.3 is 11.1 Å². The summed E-state index contributed by atoms with van der Waals surface area (Å²) in [5.74, 6) is 0.0622. The molecule has 1 unspecified atom stereocenters. The van der Waals surface area contributed by atoms with Crippen molar-refractivity contribution < 1.29 is 9.59 Å². The highest BCUT2D eigenvalue weighted by atomic mass is 35.5. The molecule has 0 aromatic heterocycles. The van der Waals surface area contributed by atoms with Crippen LogP contribution in [0, 0.1) is 5.92 Å². The van der Waals surface area contributed by atoms with Crippen LogP contribution >= 0.6 is 23.4 Å². The SMILES string of the molecule is CC(=O)C(NC(=O)CSc1ccc(Cl)cc1N)C(C)C. The molecule has 3 N–H and O–H groups in total. The van der Waals surface area contributed by atoms with Crippen molar-refractivity contribution in [2.75, 3.05) is 11.5 Å². The Morgan fingerprint density at radius 1 is 1.40 bits per heavy atom. The minimum atomic E-state index is -0.439. The molecule has 1 atom stereocenters. The molecule has 6 heteroatoms. The number of hydrogen-bond acceptors (Lipinski definition) is 4. The van der Waals surface area contributed by atoms with Crippen LogP contribution in [0.1, 0.15) is 20.8 Å². The molecular formula is C14H19ClN2O2S. The molecule has 20 heavy (non-hydrogen) atoms. The number of nitrogen functional groups attached to an aromatic ring is 1. The number of amides is 1. The van der Waals surface area contributed by atoms with Gasteiger partial charge in [0.25, 0.3) is 0 Å². The second-order valence-corrected chi connectivity index (χ2v) is 6.32. The molecule has 0 saturated carbocycles. The summed E-state index contributed by atoms with van der Waals surface area (Å²) in [6, 6.07) is 4.71. The third kappa shape index (κ3) is 5.06. The topological polar surface area (TPSA) is 72.2 Å². The second kappa shape index (κ2) is 7.55.